The third-order valence-corrected chi connectivity index (χ3v) is 5.75. The first-order valence-electron chi connectivity index (χ1n) is 8.50. The largest absolute Gasteiger partial charge is 0.348 e. The van der Waals surface area contributed by atoms with Gasteiger partial charge in [0.1, 0.15) is 0 Å². The summed E-state index contributed by atoms with van der Waals surface area (Å²) in [4.78, 5) is 28.6. The van der Waals surface area contributed by atoms with Gasteiger partial charge in [-0.15, -0.1) is 23.7 Å². The first-order chi connectivity index (χ1) is 11.1. The summed E-state index contributed by atoms with van der Waals surface area (Å²) in [6.07, 6.45) is 3.79. The van der Waals surface area contributed by atoms with Crippen molar-refractivity contribution in [3.05, 3.63) is 21.9 Å². The van der Waals surface area contributed by atoms with Crippen molar-refractivity contribution in [1.82, 2.24) is 15.5 Å². The zero-order valence-electron chi connectivity index (χ0n) is 14.0. The van der Waals surface area contributed by atoms with Gasteiger partial charge in [-0.2, -0.15) is 0 Å². The Morgan fingerprint density at radius 3 is 2.58 bits per heavy atom. The average molecular weight is 372 g/mol. The second-order valence-corrected chi connectivity index (χ2v) is 7.81. The number of nitrogens with zero attached hydrogens (tertiary/aromatic N) is 1. The van der Waals surface area contributed by atoms with E-state index < -0.39 is 0 Å². The summed E-state index contributed by atoms with van der Waals surface area (Å²) < 4.78 is 0. The Morgan fingerprint density at radius 2 is 2.00 bits per heavy atom. The second-order valence-electron chi connectivity index (χ2n) is 6.53. The summed E-state index contributed by atoms with van der Waals surface area (Å²) in [5.74, 6) is 0.448. The van der Waals surface area contributed by atoms with Crippen LogP contribution >= 0.6 is 23.7 Å². The van der Waals surface area contributed by atoms with Crippen LogP contribution in [-0.2, 0) is 4.79 Å². The number of amides is 2. The van der Waals surface area contributed by atoms with E-state index in [4.69, 9.17) is 0 Å². The maximum Gasteiger partial charge on any atom is 0.261 e. The monoisotopic (exact) mass is 371 g/mol. The molecule has 2 aliphatic rings. The van der Waals surface area contributed by atoms with E-state index in [-0.39, 0.29) is 36.2 Å². The molecule has 5 nitrogen and oxygen atoms in total. The van der Waals surface area contributed by atoms with Gasteiger partial charge in [-0.25, -0.2) is 0 Å². The van der Waals surface area contributed by atoms with Crippen molar-refractivity contribution in [1.29, 1.82) is 0 Å². The molecule has 2 N–H and O–H groups in total. The molecule has 134 valence electrons. The molecule has 2 amide bonds. The van der Waals surface area contributed by atoms with E-state index in [1.807, 2.05) is 24.0 Å². The molecule has 2 saturated heterocycles. The van der Waals surface area contributed by atoms with E-state index in [0.717, 1.165) is 61.6 Å². The number of hydrogen-bond donors (Lipinski definition) is 2. The van der Waals surface area contributed by atoms with Crippen molar-refractivity contribution in [3.8, 4) is 0 Å². The van der Waals surface area contributed by atoms with Crippen LogP contribution in [0.3, 0.4) is 0 Å². The number of halogens is 1. The first kappa shape index (κ1) is 19.2. The van der Waals surface area contributed by atoms with Crippen LogP contribution in [0.15, 0.2) is 12.1 Å². The number of rotatable bonds is 3. The molecule has 2 fully saturated rings. The number of aryl methyl sites for hydroxylation is 1. The van der Waals surface area contributed by atoms with E-state index in [1.54, 1.807) is 0 Å². The molecule has 0 aliphatic carbocycles. The van der Waals surface area contributed by atoms with Gasteiger partial charge in [0.15, 0.2) is 0 Å². The van der Waals surface area contributed by atoms with Gasteiger partial charge in [-0.3, -0.25) is 9.59 Å². The minimum atomic E-state index is 0. The molecule has 1 unspecified atom stereocenters. The number of nitrogens with one attached hydrogen (secondary N) is 2. The lowest BCUT2D eigenvalue weighted by Crippen LogP contribution is -2.49. The number of carbonyl (C=O) groups is 2. The molecule has 3 rings (SSSR count). The quantitative estimate of drug-likeness (QED) is 0.856. The van der Waals surface area contributed by atoms with E-state index >= 15 is 0 Å². The maximum absolute atomic E-state index is 12.5. The van der Waals surface area contributed by atoms with Gasteiger partial charge >= 0.3 is 0 Å². The summed E-state index contributed by atoms with van der Waals surface area (Å²) in [5.41, 5.74) is 0. The second kappa shape index (κ2) is 8.83. The lowest BCUT2D eigenvalue weighted by molar-refractivity contribution is -0.137. The van der Waals surface area contributed by atoms with Crippen molar-refractivity contribution >= 4 is 35.6 Å². The third-order valence-electron chi connectivity index (χ3n) is 4.75. The number of piperidine rings is 2. The predicted molar refractivity (Wildman–Crippen MR) is 99.0 cm³/mol. The standard InChI is InChI=1S/C17H25N3O2S.ClH/c1-12-4-5-15(23-12)16(21)19-14-6-9-20(10-7-14)17(22)13-3-2-8-18-11-13;/h4-5,13-14,18H,2-3,6-11H2,1H3,(H,19,21);1H. The highest BCUT2D eigenvalue weighted by Crippen LogP contribution is 2.19. The van der Waals surface area contributed by atoms with Crippen LogP contribution in [0.2, 0.25) is 0 Å². The Bertz CT molecular complexity index is 564. The molecule has 1 atom stereocenters. The predicted octanol–water partition coefficient (Wildman–Crippen LogP) is 2.20. The molecule has 0 saturated carbocycles. The van der Waals surface area contributed by atoms with Crippen molar-refractivity contribution in [2.24, 2.45) is 5.92 Å². The Morgan fingerprint density at radius 1 is 1.25 bits per heavy atom. The minimum absolute atomic E-state index is 0. The fourth-order valence-electron chi connectivity index (χ4n) is 3.38. The van der Waals surface area contributed by atoms with Crippen LogP contribution in [-0.4, -0.2) is 48.9 Å². The SMILES string of the molecule is Cc1ccc(C(=O)NC2CCN(C(=O)C3CCCNC3)CC2)s1.Cl. The molecule has 0 aromatic carbocycles. The van der Waals surface area contributed by atoms with Crippen LogP contribution in [0.5, 0.6) is 0 Å². The highest BCUT2D eigenvalue weighted by molar-refractivity contribution is 7.13. The van der Waals surface area contributed by atoms with Crippen LogP contribution in [0.25, 0.3) is 0 Å². The summed E-state index contributed by atoms with van der Waals surface area (Å²) in [7, 11) is 0. The molecular weight excluding hydrogens is 346 g/mol. The normalized spacial score (nSPS) is 21.9. The summed E-state index contributed by atoms with van der Waals surface area (Å²) >= 11 is 1.53. The average Bonchev–Trinajstić information content (AvgIpc) is 3.02. The van der Waals surface area contributed by atoms with Gasteiger partial charge in [-0.1, -0.05) is 0 Å². The number of hydrogen-bond acceptors (Lipinski definition) is 4. The Kier molecular flexibility index (Phi) is 7.07. The fraction of sp³-hybridized carbons (Fsp3) is 0.647. The molecule has 0 radical (unpaired) electrons. The molecule has 0 bridgehead atoms. The summed E-state index contributed by atoms with van der Waals surface area (Å²) in [6, 6.07) is 4.03. The molecule has 1 aromatic heterocycles. The first-order valence-corrected chi connectivity index (χ1v) is 9.32. The van der Waals surface area contributed by atoms with Gasteiger partial charge in [0.2, 0.25) is 5.91 Å². The highest BCUT2D eigenvalue weighted by Gasteiger charge is 2.29. The Labute approximate surface area is 153 Å². The van der Waals surface area contributed by atoms with E-state index in [1.165, 1.54) is 11.3 Å². The van der Waals surface area contributed by atoms with Crippen molar-refractivity contribution in [2.45, 2.75) is 38.6 Å². The van der Waals surface area contributed by atoms with Crippen LogP contribution in [0.4, 0.5) is 0 Å². The van der Waals surface area contributed by atoms with E-state index in [0.29, 0.717) is 0 Å². The Hall–Kier alpha value is -1.11. The molecular formula is C17H26ClN3O2S. The van der Waals surface area contributed by atoms with Crippen molar-refractivity contribution < 1.29 is 9.59 Å². The lowest BCUT2D eigenvalue weighted by Gasteiger charge is -2.35. The molecule has 0 spiro atoms. The number of thiophene rings is 1. The van der Waals surface area contributed by atoms with E-state index in [9.17, 15) is 9.59 Å². The lowest BCUT2D eigenvalue weighted by atomic mass is 9.96. The zero-order chi connectivity index (χ0) is 16.2. The van der Waals surface area contributed by atoms with Crippen LogP contribution < -0.4 is 10.6 Å². The van der Waals surface area contributed by atoms with Gasteiger partial charge in [-0.05, 0) is 51.3 Å². The summed E-state index contributed by atoms with van der Waals surface area (Å²) in [5, 5.41) is 6.42. The molecule has 1 aromatic rings. The summed E-state index contributed by atoms with van der Waals surface area (Å²) in [6.45, 7) is 5.35. The Balaban J connectivity index is 0.00000208. The van der Waals surface area contributed by atoms with Crippen LogP contribution in [0.1, 0.15) is 40.2 Å². The van der Waals surface area contributed by atoms with Gasteiger partial charge in [0, 0.05) is 30.6 Å². The molecule has 2 aliphatic heterocycles. The van der Waals surface area contributed by atoms with Gasteiger partial charge < -0.3 is 15.5 Å². The van der Waals surface area contributed by atoms with Crippen LogP contribution in [0, 0.1) is 12.8 Å². The number of carbonyl (C=O) groups excluding carboxylic acids is 2. The highest BCUT2D eigenvalue weighted by atomic mass is 35.5. The zero-order valence-corrected chi connectivity index (χ0v) is 15.7. The van der Waals surface area contributed by atoms with Gasteiger partial charge in [0.05, 0.1) is 10.8 Å². The molecule has 7 heteroatoms. The maximum atomic E-state index is 12.5. The van der Waals surface area contributed by atoms with Gasteiger partial charge in [0.25, 0.3) is 5.91 Å². The number of likely N-dealkylation sites (tertiary alicyclic amines) is 1. The topological polar surface area (TPSA) is 61.4 Å². The molecule has 24 heavy (non-hydrogen) atoms. The van der Waals surface area contributed by atoms with Crippen molar-refractivity contribution in [3.63, 3.8) is 0 Å². The third kappa shape index (κ3) is 4.71. The minimum Gasteiger partial charge on any atom is -0.348 e. The van der Waals surface area contributed by atoms with E-state index in [2.05, 4.69) is 10.6 Å². The van der Waals surface area contributed by atoms with Crippen molar-refractivity contribution in [2.75, 3.05) is 26.2 Å². The smallest absolute Gasteiger partial charge is 0.261 e. The molecule has 3 heterocycles. The fourth-order valence-corrected chi connectivity index (χ4v) is 4.15.